The molecule has 0 unspecified atom stereocenters. The number of halogens is 4. The minimum Gasteiger partial charge on any atom is -0.256 e. The molecule has 0 amide bonds. The van der Waals surface area contributed by atoms with Gasteiger partial charge in [0.05, 0.1) is 6.20 Å². The zero-order valence-electron chi connectivity index (χ0n) is 5.48. The third kappa shape index (κ3) is 1.48. The fourth-order valence-corrected chi connectivity index (χ4v) is 0.812. The molecule has 1 heterocycles. The molecule has 1 aromatic rings. The highest BCUT2D eigenvalue weighted by atomic mass is 35.5. The van der Waals surface area contributed by atoms with Crippen LogP contribution in [-0.2, 0) is 13.2 Å². The molecule has 0 aliphatic rings. The zero-order valence-corrected chi connectivity index (χ0v) is 6.24. The van der Waals surface area contributed by atoms with Crippen molar-refractivity contribution in [3.8, 4) is 0 Å². The molecule has 0 spiro atoms. The second-order valence-corrected chi connectivity index (χ2v) is 2.33. The van der Waals surface area contributed by atoms with E-state index >= 15 is 0 Å². The third-order valence-electron chi connectivity index (χ3n) is 1.17. The van der Waals surface area contributed by atoms with Gasteiger partial charge < -0.3 is 0 Å². The van der Waals surface area contributed by atoms with Crippen LogP contribution in [0.2, 0.25) is 5.15 Å². The summed E-state index contributed by atoms with van der Waals surface area (Å²) >= 11 is 5.27. The lowest BCUT2D eigenvalue weighted by Gasteiger charge is -2.02. The molecule has 0 N–H and O–H groups in total. The van der Waals surface area contributed by atoms with Gasteiger partial charge in [-0.1, -0.05) is 11.6 Å². The van der Waals surface area contributed by atoms with E-state index in [1.807, 2.05) is 0 Å². The van der Waals surface area contributed by atoms with Gasteiger partial charge in [-0.2, -0.15) is 18.3 Å². The van der Waals surface area contributed by atoms with Crippen LogP contribution >= 0.6 is 11.6 Å². The molecule has 0 radical (unpaired) electrons. The largest absolute Gasteiger partial charge is 0.420 e. The van der Waals surface area contributed by atoms with E-state index in [4.69, 9.17) is 11.6 Å². The summed E-state index contributed by atoms with van der Waals surface area (Å²) in [6, 6.07) is 0. The van der Waals surface area contributed by atoms with Gasteiger partial charge in [0.25, 0.3) is 0 Å². The van der Waals surface area contributed by atoms with Gasteiger partial charge in [0.15, 0.2) is 0 Å². The molecular weight excluding hydrogens is 181 g/mol. The lowest BCUT2D eigenvalue weighted by Crippen LogP contribution is -2.04. The van der Waals surface area contributed by atoms with Crippen LogP contribution in [0.5, 0.6) is 0 Å². The first-order valence-electron chi connectivity index (χ1n) is 2.67. The Balaban J connectivity index is 3.15. The maximum atomic E-state index is 11.9. The van der Waals surface area contributed by atoms with Gasteiger partial charge in [-0.3, -0.25) is 4.68 Å². The number of nitrogens with zero attached hydrogens (tertiary/aromatic N) is 2. The van der Waals surface area contributed by atoms with Crippen molar-refractivity contribution in [1.29, 1.82) is 0 Å². The van der Waals surface area contributed by atoms with Gasteiger partial charge in [-0.15, -0.1) is 0 Å². The summed E-state index contributed by atoms with van der Waals surface area (Å²) in [6.45, 7) is 0. The maximum Gasteiger partial charge on any atom is 0.420 e. The van der Waals surface area contributed by atoms with Crippen LogP contribution in [0.1, 0.15) is 5.56 Å². The van der Waals surface area contributed by atoms with E-state index in [1.54, 1.807) is 0 Å². The average molecular weight is 185 g/mol. The van der Waals surface area contributed by atoms with Gasteiger partial charge in [0, 0.05) is 7.05 Å². The fourth-order valence-electron chi connectivity index (χ4n) is 0.613. The van der Waals surface area contributed by atoms with Crippen LogP contribution in [0.3, 0.4) is 0 Å². The van der Waals surface area contributed by atoms with Gasteiger partial charge in [-0.05, 0) is 0 Å². The summed E-state index contributed by atoms with van der Waals surface area (Å²) in [5, 5.41) is 2.96. The van der Waals surface area contributed by atoms with Crippen molar-refractivity contribution in [2.75, 3.05) is 0 Å². The first-order chi connectivity index (χ1) is 4.93. The van der Waals surface area contributed by atoms with Crippen molar-refractivity contribution in [2.45, 2.75) is 6.18 Å². The number of alkyl halides is 3. The standard InChI is InChI=1S/C5H4ClF3N2/c1-11-4(6)3(2-10-11)5(7,8)9/h2H,1H3. The highest BCUT2D eigenvalue weighted by Gasteiger charge is 2.35. The molecule has 62 valence electrons. The van der Waals surface area contributed by atoms with E-state index < -0.39 is 16.9 Å². The number of rotatable bonds is 0. The smallest absolute Gasteiger partial charge is 0.256 e. The first kappa shape index (κ1) is 8.39. The molecule has 1 rings (SSSR count). The highest BCUT2D eigenvalue weighted by molar-refractivity contribution is 6.30. The van der Waals surface area contributed by atoms with E-state index in [1.165, 1.54) is 7.05 Å². The minimum atomic E-state index is -4.41. The van der Waals surface area contributed by atoms with Crippen LogP contribution in [0, 0.1) is 0 Å². The summed E-state index contributed by atoms with van der Waals surface area (Å²) in [7, 11) is 1.34. The minimum absolute atomic E-state index is 0.391. The van der Waals surface area contributed by atoms with Gasteiger partial charge in [0.2, 0.25) is 0 Å². The molecule has 11 heavy (non-hydrogen) atoms. The summed E-state index contributed by atoms with van der Waals surface area (Å²) in [5.41, 5.74) is -0.901. The Morgan fingerprint density at radius 3 is 2.27 bits per heavy atom. The van der Waals surface area contributed by atoms with E-state index in [-0.39, 0.29) is 0 Å². The number of aryl methyl sites for hydroxylation is 1. The second kappa shape index (κ2) is 2.41. The molecule has 0 bridgehead atoms. The molecular formula is C5H4ClF3N2. The Bertz CT molecular complexity index is 265. The molecule has 0 aliphatic carbocycles. The Morgan fingerprint density at radius 1 is 1.55 bits per heavy atom. The molecule has 0 fully saturated rings. The Morgan fingerprint density at radius 2 is 2.09 bits per heavy atom. The molecule has 0 aromatic carbocycles. The monoisotopic (exact) mass is 184 g/mol. The molecule has 1 aromatic heterocycles. The van der Waals surface area contributed by atoms with Crippen LogP contribution in [-0.4, -0.2) is 9.78 Å². The van der Waals surface area contributed by atoms with Crippen molar-refractivity contribution >= 4 is 11.6 Å². The van der Waals surface area contributed by atoms with Crippen molar-refractivity contribution in [1.82, 2.24) is 9.78 Å². The van der Waals surface area contributed by atoms with E-state index in [0.717, 1.165) is 4.68 Å². The average Bonchev–Trinajstić information content (AvgIpc) is 2.11. The lowest BCUT2D eigenvalue weighted by atomic mass is 10.4. The molecule has 6 heteroatoms. The number of aromatic nitrogens is 2. The van der Waals surface area contributed by atoms with Crippen LogP contribution in [0.15, 0.2) is 6.20 Å². The fraction of sp³-hybridized carbons (Fsp3) is 0.400. The van der Waals surface area contributed by atoms with Crippen LogP contribution in [0.25, 0.3) is 0 Å². The third-order valence-corrected chi connectivity index (χ3v) is 1.62. The van der Waals surface area contributed by atoms with Crippen LogP contribution in [0.4, 0.5) is 13.2 Å². The normalized spacial score (nSPS) is 12.1. The van der Waals surface area contributed by atoms with E-state index in [2.05, 4.69) is 5.10 Å². The van der Waals surface area contributed by atoms with Crippen molar-refractivity contribution in [3.63, 3.8) is 0 Å². The first-order valence-corrected chi connectivity index (χ1v) is 3.05. The lowest BCUT2D eigenvalue weighted by molar-refractivity contribution is -0.137. The summed E-state index contributed by atoms with van der Waals surface area (Å²) in [4.78, 5) is 0. The Hall–Kier alpha value is -0.710. The van der Waals surface area contributed by atoms with Gasteiger partial charge >= 0.3 is 6.18 Å². The molecule has 0 atom stereocenters. The Kier molecular flexibility index (Phi) is 1.83. The number of hydrogen-bond acceptors (Lipinski definition) is 1. The van der Waals surface area contributed by atoms with E-state index in [9.17, 15) is 13.2 Å². The van der Waals surface area contributed by atoms with Gasteiger partial charge in [-0.25, -0.2) is 0 Å². The van der Waals surface area contributed by atoms with Crippen molar-refractivity contribution in [2.24, 2.45) is 7.05 Å². The predicted octanol–water partition coefficient (Wildman–Crippen LogP) is 2.09. The second-order valence-electron chi connectivity index (χ2n) is 1.97. The van der Waals surface area contributed by atoms with Crippen LogP contribution < -0.4 is 0 Å². The zero-order chi connectivity index (χ0) is 8.65. The van der Waals surface area contributed by atoms with E-state index in [0.29, 0.717) is 6.20 Å². The molecule has 0 saturated carbocycles. The van der Waals surface area contributed by atoms with Crippen molar-refractivity contribution in [3.05, 3.63) is 16.9 Å². The Labute approximate surface area is 65.6 Å². The number of hydrogen-bond donors (Lipinski definition) is 0. The highest BCUT2D eigenvalue weighted by Crippen LogP contribution is 2.33. The molecule has 0 aliphatic heterocycles. The maximum absolute atomic E-state index is 11.9. The SMILES string of the molecule is Cn1ncc(C(F)(F)F)c1Cl. The summed E-state index contributed by atoms with van der Waals surface area (Å²) in [5.74, 6) is 0. The molecule has 0 saturated heterocycles. The topological polar surface area (TPSA) is 17.8 Å². The van der Waals surface area contributed by atoms with Gasteiger partial charge in [0.1, 0.15) is 10.7 Å². The van der Waals surface area contributed by atoms with Crippen molar-refractivity contribution < 1.29 is 13.2 Å². The predicted molar refractivity (Wildman–Crippen MR) is 33.2 cm³/mol. The quantitative estimate of drug-likeness (QED) is 0.604. The summed E-state index contributed by atoms with van der Waals surface area (Å²) in [6.07, 6.45) is -3.71. The summed E-state index contributed by atoms with van der Waals surface area (Å²) < 4.78 is 36.7. The molecule has 2 nitrogen and oxygen atoms in total.